The Morgan fingerprint density at radius 3 is 2.58 bits per heavy atom. The molecule has 2 N–H and O–H groups in total. The molecule has 2 heterocycles. The van der Waals surface area contributed by atoms with Crippen LogP contribution in [0.25, 0.3) is 22.0 Å². The van der Waals surface area contributed by atoms with Crippen LogP contribution in [0.1, 0.15) is 5.82 Å². The average Bonchev–Trinajstić information content (AvgIpc) is 3.05. The van der Waals surface area contributed by atoms with E-state index in [9.17, 15) is 9.59 Å². The molecule has 0 radical (unpaired) electrons. The number of nitrogens with two attached hydrogens (primary N) is 1. The molecule has 4 rings (SSSR count). The molecule has 4 aromatic rings. The first-order valence-electron chi connectivity index (χ1n) is 7.87. The van der Waals surface area contributed by atoms with Gasteiger partial charge in [-0.1, -0.05) is 36.0 Å². The smallest absolute Gasteiger partial charge is 0.261 e. The van der Waals surface area contributed by atoms with Gasteiger partial charge < -0.3 is 10.2 Å². The zero-order chi connectivity index (χ0) is 18.1. The molecule has 0 saturated carbocycles. The molecule has 2 aromatic carbocycles. The van der Waals surface area contributed by atoms with Crippen molar-refractivity contribution in [3.05, 3.63) is 64.7 Å². The van der Waals surface area contributed by atoms with Crippen LogP contribution in [0, 0.1) is 0 Å². The number of nitrogens with zero attached hydrogens (tertiary/aromatic N) is 3. The van der Waals surface area contributed by atoms with Crippen LogP contribution in [0.2, 0.25) is 0 Å². The summed E-state index contributed by atoms with van der Waals surface area (Å²) in [6, 6.07) is 14.5. The number of hydrogen-bond acceptors (Lipinski definition) is 6. The lowest BCUT2D eigenvalue weighted by molar-refractivity contribution is -0.118. The maximum atomic E-state index is 12.7. The Morgan fingerprint density at radius 1 is 1.08 bits per heavy atom. The van der Waals surface area contributed by atoms with Crippen molar-refractivity contribution in [2.75, 3.05) is 0 Å². The van der Waals surface area contributed by atoms with E-state index in [0.29, 0.717) is 33.3 Å². The summed E-state index contributed by atoms with van der Waals surface area (Å²) in [4.78, 5) is 33.0. The molecule has 0 atom stereocenters. The maximum absolute atomic E-state index is 12.7. The molecular weight excluding hydrogens is 352 g/mol. The molecule has 0 bridgehead atoms. The summed E-state index contributed by atoms with van der Waals surface area (Å²) in [5.41, 5.74) is 7.04. The zero-order valence-corrected chi connectivity index (χ0v) is 14.4. The number of hydrogen-bond donors (Lipinski definition) is 1. The largest absolute Gasteiger partial charge is 0.431 e. The van der Waals surface area contributed by atoms with Crippen molar-refractivity contribution in [2.45, 2.75) is 17.5 Å². The number of carbonyl (C=O) groups is 1. The number of amides is 1. The van der Waals surface area contributed by atoms with Gasteiger partial charge in [0.25, 0.3) is 10.8 Å². The zero-order valence-electron chi connectivity index (χ0n) is 13.6. The summed E-state index contributed by atoms with van der Waals surface area (Å²) in [5, 5.41) is 0.920. The lowest BCUT2D eigenvalue weighted by atomic mass is 10.2. The van der Waals surface area contributed by atoms with Crippen LogP contribution in [0.4, 0.5) is 0 Å². The summed E-state index contributed by atoms with van der Waals surface area (Å²) in [6.07, 6.45) is 0. The molecule has 0 saturated heterocycles. The number of para-hydroxylation sites is 3. The highest BCUT2D eigenvalue weighted by atomic mass is 32.2. The van der Waals surface area contributed by atoms with E-state index in [1.54, 1.807) is 18.2 Å². The molecule has 0 aliphatic carbocycles. The molecular formula is C18H14N4O3S. The van der Waals surface area contributed by atoms with Crippen molar-refractivity contribution >= 4 is 39.7 Å². The van der Waals surface area contributed by atoms with Crippen LogP contribution in [-0.2, 0) is 17.1 Å². The van der Waals surface area contributed by atoms with Gasteiger partial charge in [0.05, 0.1) is 16.7 Å². The highest BCUT2D eigenvalue weighted by molar-refractivity contribution is 7.98. The second-order valence-electron chi connectivity index (χ2n) is 5.64. The van der Waals surface area contributed by atoms with Gasteiger partial charge in [-0.15, -0.1) is 0 Å². The first-order chi connectivity index (χ1) is 12.6. The Balaban J connectivity index is 1.72. The van der Waals surface area contributed by atoms with Crippen molar-refractivity contribution in [1.29, 1.82) is 0 Å². The standard InChI is InChI=1S/C18H14N4O3S/c19-15(23)9-22-16(20-12-6-2-1-5-11(12)17(22)24)10-26-18-21-13-7-3-4-8-14(13)25-18/h1-8H,9-10H2,(H2,19,23). The molecule has 0 aliphatic heterocycles. The Bertz CT molecular complexity index is 1150. The molecule has 7 nitrogen and oxygen atoms in total. The quantitative estimate of drug-likeness (QED) is 0.544. The van der Waals surface area contributed by atoms with Crippen molar-refractivity contribution < 1.29 is 9.21 Å². The van der Waals surface area contributed by atoms with Gasteiger partial charge in [-0.25, -0.2) is 9.97 Å². The second-order valence-corrected chi connectivity index (χ2v) is 6.57. The fraction of sp³-hybridized carbons (Fsp3) is 0.111. The number of primary amides is 1. The number of thioether (sulfide) groups is 1. The SMILES string of the molecule is NC(=O)Cn1c(CSc2nc3ccccc3o2)nc2ccccc2c1=O. The van der Waals surface area contributed by atoms with Crippen LogP contribution in [0.15, 0.2) is 63.0 Å². The Labute approximate surface area is 151 Å². The van der Waals surface area contributed by atoms with Crippen LogP contribution in [0.3, 0.4) is 0 Å². The summed E-state index contributed by atoms with van der Waals surface area (Å²) < 4.78 is 6.98. The van der Waals surface area contributed by atoms with Crippen molar-refractivity contribution in [3.8, 4) is 0 Å². The van der Waals surface area contributed by atoms with E-state index >= 15 is 0 Å². The van der Waals surface area contributed by atoms with Gasteiger partial charge >= 0.3 is 0 Å². The number of rotatable bonds is 5. The molecule has 2 aromatic heterocycles. The molecule has 0 spiro atoms. The number of fused-ring (bicyclic) bond motifs is 2. The predicted molar refractivity (Wildman–Crippen MR) is 98.8 cm³/mol. The van der Waals surface area contributed by atoms with E-state index < -0.39 is 5.91 Å². The third-order valence-electron chi connectivity index (χ3n) is 3.85. The minimum atomic E-state index is -0.600. The molecule has 0 aliphatic rings. The minimum absolute atomic E-state index is 0.222. The average molecular weight is 366 g/mol. The lowest BCUT2D eigenvalue weighted by Gasteiger charge is -2.11. The topological polar surface area (TPSA) is 104 Å². The number of benzene rings is 2. The van der Waals surface area contributed by atoms with E-state index in [1.165, 1.54) is 16.3 Å². The van der Waals surface area contributed by atoms with Gasteiger partial charge in [0.15, 0.2) is 5.58 Å². The highest BCUT2D eigenvalue weighted by Gasteiger charge is 2.14. The van der Waals surface area contributed by atoms with Crippen molar-refractivity contribution in [3.63, 3.8) is 0 Å². The van der Waals surface area contributed by atoms with Crippen LogP contribution in [0.5, 0.6) is 0 Å². The maximum Gasteiger partial charge on any atom is 0.261 e. The Morgan fingerprint density at radius 2 is 1.81 bits per heavy atom. The lowest BCUT2D eigenvalue weighted by Crippen LogP contribution is -2.31. The molecule has 26 heavy (non-hydrogen) atoms. The van der Waals surface area contributed by atoms with Gasteiger partial charge in [-0.2, -0.15) is 0 Å². The minimum Gasteiger partial charge on any atom is -0.431 e. The van der Waals surface area contributed by atoms with Crippen LogP contribution < -0.4 is 11.3 Å². The number of oxazole rings is 1. The first kappa shape index (κ1) is 16.3. The summed E-state index contributed by atoms with van der Waals surface area (Å²) >= 11 is 1.31. The predicted octanol–water partition coefficient (Wildman–Crippen LogP) is 2.32. The molecule has 0 unspecified atom stereocenters. The van der Waals surface area contributed by atoms with Crippen LogP contribution in [-0.4, -0.2) is 20.4 Å². The van der Waals surface area contributed by atoms with Gasteiger partial charge in [-0.3, -0.25) is 14.2 Å². The Kier molecular flexibility index (Phi) is 4.18. The van der Waals surface area contributed by atoms with E-state index in [2.05, 4.69) is 9.97 Å². The van der Waals surface area contributed by atoms with Crippen molar-refractivity contribution in [1.82, 2.24) is 14.5 Å². The summed E-state index contributed by atoms with van der Waals surface area (Å²) in [6.45, 7) is -0.222. The molecule has 1 amide bonds. The summed E-state index contributed by atoms with van der Waals surface area (Å²) in [7, 11) is 0. The van der Waals surface area contributed by atoms with Gasteiger partial charge in [-0.05, 0) is 24.3 Å². The summed E-state index contributed by atoms with van der Waals surface area (Å²) in [5.74, 6) is 0.164. The van der Waals surface area contributed by atoms with Crippen LogP contribution >= 0.6 is 11.8 Å². The monoisotopic (exact) mass is 366 g/mol. The third kappa shape index (κ3) is 3.06. The van der Waals surface area contributed by atoms with E-state index in [4.69, 9.17) is 10.2 Å². The highest BCUT2D eigenvalue weighted by Crippen LogP contribution is 2.25. The van der Waals surface area contributed by atoms with Gasteiger partial charge in [0, 0.05) is 0 Å². The van der Waals surface area contributed by atoms with E-state index in [1.807, 2.05) is 30.3 Å². The second kappa shape index (κ2) is 6.64. The normalized spacial score (nSPS) is 11.2. The fourth-order valence-corrected chi connectivity index (χ4v) is 3.47. The number of carbonyl (C=O) groups excluding carboxylic acids is 1. The molecule has 8 heteroatoms. The van der Waals surface area contributed by atoms with Gasteiger partial charge in [0.2, 0.25) is 5.91 Å². The van der Waals surface area contributed by atoms with Gasteiger partial charge in [0.1, 0.15) is 17.9 Å². The number of aromatic nitrogens is 3. The molecule has 130 valence electrons. The first-order valence-corrected chi connectivity index (χ1v) is 8.85. The van der Waals surface area contributed by atoms with Crippen molar-refractivity contribution in [2.24, 2.45) is 5.73 Å². The molecule has 0 fully saturated rings. The third-order valence-corrected chi connectivity index (χ3v) is 4.68. The fourth-order valence-electron chi connectivity index (χ4n) is 2.68. The van der Waals surface area contributed by atoms with E-state index in [-0.39, 0.29) is 12.1 Å². The van der Waals surface area contributed by atoms with E-state index in [0.717, 1.165) is 5.52 Å². The Hall–Kier alpha value is -3.13.